The van der Waals surface area contributed by atoms with E-state index in [1.54, 1.807) is 12.2 Å². The van der Waals surface area contributed by atoms with E-state index in [1.807, 2.05) is 32.9 Å². The van der Waals surface area contributed by atoms with Crippen LogP contribution in [0.15, 0.2) is 36.6 Å². The molecule has 0 aliphatic carbocycles. The molecule has 13 heavy (non-hydrogen) atoms. The van der Waals surface area contributed by atoms with E-state index in [1.165, 1.54) is 6.42 Å². The Morgan fingerprint density at radius 3 is 1.92 bits per heavy atom. The number of allylic oxidation sites excluding steroid dienone is 4. The summed E-state index contributed by atoms with van der Waals surface area (Å²) in [5.41, 5.74) is 6.14. The van der Waals surface area contributed by atoms with Gasteiger partial charge in [-0.1, -0.05) is 52.8 Å². The third kappa shape index (κ3) is 35.6. The summed E-state index contributed by atoms with van der Waals surface area (Å²) in [6, 6.07) is 0. The Hall–Kier alpha value is -0.980. The Labute approximate surface area is 84.0 Å². The van der Waals surface area contributed by atoms with Gasteiger partial charge < -0.3 is 5.73 Å². The highest BCUT2D eigenvalue weighted by atomic mass is 14.5. The Morgan fingerprint density at radius 2 is 1.69 bits per heavy atom. The highest BCUT2D eigenvalue weighted by Gasteiger charge is 1.71. The van der Waals surface area contributed by atoms with E-state index < -0.39 is 0 Å². The van der Waals surface area contributed by atoms with Gasteiger partial charge in [0.05, 0.1) is 0 Å². The molecule has 78 valence electrons. The molecule has 0 spiro atoms. The van der Waals surface area contributed by atoms with Crippen molar-refractivity contribution in [2.75, 3.05) is 0 Å². The van der Waals surface area contributed by atoms with Gasteiger partial charge in [0.2, 0.25) is 0 Å². The molecule has 0 aromatic carbocycles. The van der Waals surface area contributed by atoms with Gasteiger partial charge in [-0.05, 0) is 19.1 Å². The van der Waals surface area contributed by atoms with Crippen LogP contribution in [0.2, 0.25) is 0 Å². The first-order chi connectivity index (χ1) is 6.22. The molecule has 2 N–H and O–H groups in total. The van der Waals surface area contributed by atoms with Crippen LogP contribution in [-0.2, 0) is 0 Å². The average molecular weight is 183 g/mol. The monoisotopic (exact) mass is 183 g/mol. The topological polar surface area (TPSA) is 26.0 Å². The van der Waals surface area contributed by atoms with Crippen molar-refractivity contribution in [3.8, 4) is 0 Å². The van der Waals surface area contributed by atoms with Crippen LogP contribution in [-0.4, -0.2) is 0 Å². The lowest BCUT2D eigenvalue weighted by molar-refractivity contribution is 1.09. The quantitative estimate of drug-likeness (QED) is 0.643. The zero-order valence-electron chi connectivity index (χ0n) is 9.80. The van der Waals surface area contributed by atoms with Crippen LogP contribution in [0.3, 0.4) is 0 Å². The van der Waals surface area contributed by atoms with Gasteiger partial charge in [-0.15, -0.1) is 0 Å². The van der Waals surface area contributed by atoms with E-state index in [0.717, 1.165) is 5.70 Å². The number of nitrogens with two attached hydrogens (primary N) is 1. The van der Waals surface area contributed by atoms with E-state index in [9.17, 15) is 0 Å². The minimum Gasteiger partial charge on any atom is -0.399 e. The second kappa shape index (κ2) is 22.5. The maximum absolute atomic E-state index is 5.40. The smallest absolute Gasteiger partial charge is 0.0310 e. The summed E-state index contributed by atoms with van der Waals surface area (Å²) in [4.78, 5) is 0. The third-order valence-electron chi connectivity index (χ3n) is 0.669. The van der Waals surface area contributed by atoms with Crippen molar-refractivity contribution in [2.45, 2.75) is 41.0 Å². The van der Waals surface area contributed by atoms with Crippen LogP contribution >= 0.6 is 0 Å². The van der Waals surface area contributed by atoms with Crippen LogP contribution in [0, 0.1) is 0 Å². The summed E-state index contributed by atoms with van der Waals surface area (Å²) >= 11 is 0. The van der Waals surface area contributed by atoms with Gasteiger partial charge in [-0.25, -0.2) is 0 Å². The summed E-state index contributed by atoms with van der Waals surface area (Å²) < 4.78 is 0. The molecule has 0 amide bonds. The summed E-state index contributed by atoms with van der Waals surface area (Å²) in [5, 5.41) is 0. The normalized spacial score (nSPS) is 9.46. The first-order valence-corrected chi connectivity index (χ1v) is 4.93. The SMILES string of the molecule is C=C/C=C(N)\C=C/C.CC.CCC. The molecule has 0 atom stereocenters. The Kier molecular flexibility index (Phi) is 31.0. The molecule has 0 heterocycles. The zero-order valence-corrected chi connectivity index (χ0v) is 9.80. The van der Waals surface area contributed by atoms with E-state index in [-0.39, 0.29) is 0 Å². The molecule has 0 aromatic rings. The predicted molar refractivity (Wildman–Crippen MR) is 64.6 cm³/mol. The standard InChI is InChI=1S/C7H11N.C3H8.C2H6/c1-3-5-7(8)6-4-2;1-3-2;1-2/h3-6H,1,8H2,2H3;3H2,1-2H3;1-2H3/b6-4-,7-5+;;. The van der Waals surface area contributed by atoms with Gasteiger partial charge in [0, 0.05) is 5.70 Å². The minimum atomic E-state index is 0.738. The van der Waals surface area contributed by atoms with Gasteiger partial charge in [0.25, 0.3) is 0 Å². The van der Waals surface area contributed by atoms with Gasteiger partial charge >= 0.3 is 0 Å². The van der Waals surface area contributed by atoms with Crippen molar-refractivity contribution in [1.29, 1.82) is 0 Å². The maximum atomic E-state index is 5.40. The van der Waals surface area contributed by atoms with E-state index in [0.29, 0.717) is 0 Å². The van der Waals surface area contributed by atoms with Crippen molar-refractivity contribution in [2.24, 2.45) is 5.73 Å². The lowest BCUT2D eigenvalue weighted by atomic mass is 10.4. The first kappa shape index (κ1) is 17.9. The summed E-state index contributed by atoms with van der Waals surface area (Å²) in [5.74, 6) is 0. The molecule has 0 aliphatic heterocycles. The maximum Gasteiger partial charge on any atom is 0.0310 e. The average Bonchev–Trinajstić information content (AvgIpc) is 2.10. The lowest BCUT2D eigenvalue weighted by Crippen LogP contribution is -1.90. The fraction of sp³-hybridized carbons (Fsp3) is 0.500. The van der Waals surface area contributed by atoms with Crippen LogP contribution < -0.4 is 5.73 Å². The highest BCUT2D eigenvalue weighted by molar-refractivity contribution is 5.18. The summed E-state index contributed by atoms with van der Waals surface area (Å²) in [6.45, 7) is 13.7. The van der Waals surface area contributed by atoms with E-state index in [4.69, 9.17) is 5.73 Å². The number of hydrogen-bond donors (Lipinski definition) is 1. The van der Waals surface area contributed by atoms with Gasteiger partial charge in [-0.3, -0.25) is 0 Å². The number of rotatable bonds is 2. The molecule has 0 aliphatic rings. The molecule has 0 unspecified atom stereocenters. The molecule has 1 heteroatoms. The molecule has 0 saturated heterocycles. The van der Waals surface area contributed by atoms with Crippen molar-refractivity contribution in [3.63, 3.8) is 0 Å². The highest BCUT2D eigenvalue weighted by Crippen LogP contribution is 1.84. The Balaban J connectivity index is -0.000000169. The molecule has 0 rings (SSSR count). The molecule has 0 saturated carbocycles. The molecule has 0 radical (unpaired) electrons. The first-order valence-electron chi connectivity index (χ1n) is 4.93. The fourth-order valence-electron chi connectivity index (χ4n) is 0.384. The van der Waals surface area contributed by atoms with Gasteiger partial charge in [0.15, 0.2) is 0 Å². The Bertz CT molecular complexity index is 132. The minimum absolute atomic E-state index is 0.738. The van der Waals surface area contributed by atoms with Crippen LogP contribution in [0.5, 0.6) is 0 Å². The Morgan fingerprint density at radius 1 is 1.31 bits per heavy atom. The molecule has 0 aromatic heterocycles. The van der Waals surface area contributed by atoms with Gasteiger partial charge in [0.1, 0.15) is 0 Å². The van der Waals surface area contributed by atoms with Crippen molar-refractivity contribution >= 4 is 0 Å². The summed E-state index contributed by atoms with van der Waals surface area (Å²) in [7, 11) is 0. The van der Waals surface area contributed by atoms with Crippen molar-refractivity contribution in [3.05, 3.63) is 36.6 Å². The molecule has 0 bridgehead atoms. The van der Waals surface area contributed by atoms with Crippen molar-refractivity contribution < 1.29 is 0 Å². The third-order valence-corrected chi connectivity index (χ3v) is 0.669. The van der Waals surface area contributed by atoms with E-state index >= 15 is 0 Å². The van der Waals surface area contributed by atoms with E-state index in [2.05, 4.69) is 20.4 Å². The predicted octanol–water partition coefficient (Wildman–Crippen LogP) is 4.03. The van der Waals surface area contributed by atoms with Gasteiger partial charge in [-0.2, -0.15) is 0 Å². The van der Waals surface area contributed by atoms with Crippen LogP contribution in [0.4, 0.5) is 0 Å². The zero-order chi connectivity index (χ0) is 11.1. The number of hydrogen-bond acceptors (Lipinski definition) is 1. The molecular formula is C12H25N. The molecule has 1 nitrogen and oxygen atoms in total. The second-order valence-corrected chi connectivity index (χ2v) is 2.11. The summed E-state index contributed by atoms with van der Waals surface area (Å²) in [6.07, 6.45) is 8.37. The largest absolute Gasteiger partial charge is 0.399 e. The van der Waals surface area contributed by atoms with Crippen LogP contribution in [0.1, 0.15) is 41.0 Å². The van der Waals surface area contributed by atoms with Crippen molar-refractivity contribution in [1.82, 2.24) is 0 Å². The second-order valence-electron chi connectivity index (χ2n) is 2.11. The van der Waals surface area contributed by atoms with Crippen LogP contribution in [0.25, 0.3) is 0 Å². The fourth-order valence-corrected chi connectivity index (χ4v) is 0.384. The lowest BCUT2D eigenvalue weighted by Gasteiger charge is -1.84. The molecular weight excluding hydrogens is 158 g/mol. The molecule has 0 fully saturated rings.